The van der Waals surface area contributed by atoms with Crippen LogP contribution in [0, 0.1) is 17.2 Å². The van der Waals surface area contributed by atoms with E-state index in [1.165, 1.54) is 0 Å². The number of aromatic nitrogens is 2. The summed E-state index contributed by atoms with van der Waals surface area (Å²) in [7, 11) is 0. The van der Waals surface area contributed by atoms with Crippen LogP contribution in [-0.4, -0.2) is 9.78 Å². The van der Waals surface area contributed by atoms with Crippen molar-refractivity contribution in [1.29, 1.82) is 5.26 Å². The molecule has 0 amide bonds. The third kappa shape index (κ3) is 2.82. The molecule has 0 radical (unpaired) electrons. The first-order valence-electron chi connectivity index (χ1n) is 5.25. The van der Waals surface area contributed by atoms with Crippen molar-refractivity contribution in [3.8, 4) is 6.07 Å². The molecule has 0 spiro atoms. The van der Waals surface area contributed by atoms with Gasteiger partial charge in [0, 0.05) is 6.54 Å². The minimum absolute atomic E-state index is 0.499. The first-order valence-corrected chi connectivity index (χ1v) is 6.04. The van der Waals surface area contributed by atoms with Crippen LogP contribution in [-0.2, 0) is 13.0 Å². The average Bonchev–Trinajstić information content (AvgIpc) is 2.46. The molecule has 0 fully saturated rings. The van der Waals surface area contributed by atoms with E-state index in [0.717, 1.165) is 29.6 Å². The zero-order valence-electron chi connectivity index (χ0n) is 9.42. The summed E-state index contributed by atoms with van der Waals surface area (Å²) in [4.78, 5) is 0. The summed E-state index contributed by atoms with van der Waals surface area (Å²) in [6, 6.07) is 2.11. The van der Waals surface area contributed by atoms with Gasteiger partial charge in [0.25, 0.3) is 0 Å². The summed E-state index contributed by atoms with van der Waals surface area (Å²) in [6.45, 7) is 7.33. The molecule has 1 aromatic rings. The maximum Gasteiger partial charge on any atom is 0.176 e. The zero-order chi connectivity index (χ0) is 11.4. The molecule has 1 rings (SSSR count). The minimum Gasteiger partial charge on any atom is -0.267 e. The van der Waals surface area contributed by atoms with Gasteiger partial charge in [0.1, 0.15) is 6.07 Å². The van der Waals surface area contributed by atoms with E-state index in [1.54, 1.807) is 0 Å². The Kier molecular flexibility index (Phi) is 4.34. The molecule has 82 valence electrons. The predicted octanol–water partition coefficient (Wildman–Crippen LogP) is 3.13. The molecule has 0 saturated carbocycles. The highest BCUT2D eigenvalue weighted by Crippen LogP contribution is 2.23. The van der Waals surface area contributed by atoms with Gasteiger partial charge in [0.05, 0.1) is 10.2 Å². The smallest absolute Gasteiger partial charge is 0.176 e. The Bertz CT molecular complexity index is 374. The maximum atomic E-state index is 8.90. The van der Waals surface area contributed by atoms with Crippen LogP contribution in [0.25, 0.3) is 0 Å². The van der Waals surface area contributed by atoms with Gasteiger partial charge < -0.3 is 0 Å². The maximum absolute atomic E-state index is 8.90. The van der Waals surface area contributed by atoms with Crippen molar-refractivity contribution in [3.63, 3.8) is 0 Å². The molecule has 0 atom stereocenters. The molecule has 0 N–H and O–H groups in total. The topological polar surface area (TPSA) is 41.6 Å². The Morgan fingerprint density at radius 2 is 2.20 bits per heavy atom. The molecule has 0 aliphatic carbocycles. The van der Waals surface area contributed by atoms with E-state index >= 15 is 0 Å². The van der Waals surface area contributed by atoms with E-state index in [0.29, 0.717) is 11.6 Å². The number of hydrogen-bond acceptors (Lipinski definition) is 2. The van der Waals surface area contributed by atoms with Crippen LogP contribution in [0.2, 0.25) is 0 Å². The van der Waals surface area contributed by atoms with Gasteiger partial charge in [-0.05, 0) is 34.7 Å². The van der Waals surface area contributed by atoms with Crippen LogP contribution in [0.3, 0.4) is 0 Å². The Morgan fingerprint density at radius 3 is 2.67 bits per heavy atom. The number of aryl methyl sites for hydroxylation is 1. The number of nitriles is 1. The van der Waals surface area contributed by atoms with Crippen molar-refractivity contribution >= 4 is 15.9 Å². The van der Waals surface area contributed by atoms with Crippen molar-refractivity contribution in [2.45, 2.75) is 40.2 Å². The molecular weight excluding hydrogens is 254 g/mol. The largest absolute Gasteiger partial charge is 0.267 e. The molecule has 0 saturated heterocycles. The van der Waals surface area contributed by atoms with Crippen LogP contribution < -0.4 is 0 Å². The van der Waals surface area contributed by atoms with Gasteiger partial charge in [0.2, 0.25) is 0 Å². The average molecular weight is 270 g/mol. The molecule has 0 aliphatic rings. The van der Waals surface area contributed by atoms with Crippen molar-refractivity contribution < 1.29 is 0 Å². The highest BCUT2D eigenvalue weighted by molar-refractivity contribution is 9.10. The lowest BCUT2D eigenvalue weighted by Gasteiger charge is -2.08. The monoisotopic (exact) mass is 269 g/mol. The molecule has 1 aromatic heterocycles. The van der Waals surface area contributed by atoms with E-state index in [2.05, 4.69) is 47.9 Å². The van der Waals surface area contributed by atoms with Crippen LogP contribution in [0.1, 0.15) is 38.6 Å². The molecule has 3 nitrogen and oxygen atoms in total. The normalized spacial score (nSPS) is 10.7. The van der Waals surface area contributed by atoms with Gasteiger partial charge >= 0.3 is 0 Å². The van der Waals surface area contributed by atoms with E-state index < -0.39 is 0 Å². The first kappa shape index (κ1) is 12.3. The molecular formula is C11H16BrN3. The molecule has 0 aliphatic heterocycles. The van der Waals surface area contributed by atoms with Gasteiger partial charge in [-0.15, -0.1) is 0 Å². The molecule has 0 unspecified atom stereocenters. The van der Waals surface area contributed by atoms with E-state index in [-0.39, 0.29) is 0 Å². The standard InChI is InChI=1S/C11H16BrN3/c1-4-5-15-10(6-8(2)3)11(12)9(7-13)14-15/h8H,4-6H2,1-3H3. The predicted molar refractivity (Wildman–Crippen MR) is 63.5 cm³/mol. The third-order valence-corrected chi connectivity index (χ3v) is 2.97. The fraction of sp³-hybridized carbons (Fsp3) is 0.636. The highest BCUT2D eigenvalue weighted by Gasteiger charge is 2.15. The Morgan fingerprint density at radius 1 is 1.53 bits per heavy atom. The van der Waals surface area contributed by atoms with Crippen LogP contribution in [0.4, 0.5) is 0 Å². The molecule has 1 heterocycles. The summed E-state index contributed by atoms with van der Waals surface area (Å²) in [6.07, 6.45) is 1.99. The second-order valence-electron chi connectivity index (χ2n) is 4.04. The van der Waals surface area contributed by atoms with Gasteiger partial charge in [-0.3, -0.25) is 4.68 Å². The summed E-state index contributed by atoms with van der Waals surface area (Å²) in [5.41, 5.74) is 1.64. The van der Waals surface area contributed by atoms with E-state index in [1.807, 2.05) is 4.68 Å². The first-order chi connectivity index (χ1) is 7.10. The second-order valence-corrected chi connectivity index (χ2v) is 4.84. The summed E-state index contributed by atoms with van der Waals surface area (Å²) in [5.74, 6) is 0.570. The Hall–Kier alpha value is -0.820. The fourth-order valence-electron chi connectivity index (χ4n) is 1.52. The number of halogens is 1. The minimum atomic E-state index is 0.499. The Labute approximate surface area is 99.2 Å². The number of hydrogen-bond donors (Lipinski definition) is 0. The summed E-state index contributed by atoms with van der Waals surface area (Å²) < 4.78 is 2.81. The number of rotatable bonds is 4. The van der Waals surface area contributed by atoms with E-state index in [4.69, 9.17) is 5.26 Å². The van der Waals surface area contributed by atoms with Crippen molar-refractivity contribution in [2.24, 2.45) is 5.92 Å². The summed E-state index contributed by atoms with van der Waals surface area (Å²) in [5, 5.41) is 13.2. The zero-order valence-corrected chi connectivity index (χ0v) is 11.0. The fourth-order valence-corrected chi connectivity index (χ4v) is 2.06. The molecule has 15 heavy (non-hydrogen) atoms. The van der Waals surface area contributed by atoms with Gasteiger partial charge in [0.15, 0.2) is 5.69 Å². The second kappa shape index (κ2) is 5.32. The molecule has 0 aromatic carbocycles. The Balaban J connectivity index is 3.08. The quantitative estimate of drug-likeness (QED) is 0.843. The lowest BCUT2D eigenvalue weighted by molar-refractivity contribution is 0.535. The van der Waals surface area contributed by atoms with Gasteiger partial charge in [-0.2, -0.15) is 10.4 Å². The van der Waals surface area contributed by atoms with Crippen LogP contribution in [0.15, 0.2) is 4.47 Å². The highest BCUT2D eigenvalue weighted by atomic mass is 79.9. The SMILES string of the molecule is CCCn1nc(C#N)c(Br)c1CC(C)C. The van der Waals surface area contributed by atoms with Crippen molar-refractivity contribution in [2.75, 3.05) is 0 Å². The molecule has 0 bridgehead atoms. The van der Waals surface area contributed by atoms with Crippen LogP contribution in [0.5, 0.6) is 0 Å². The lowest BCUT2D eigenvalue weighted by Crippen LogP contribution is -2.07. The van der Waals surface area contributed by atoms with Crippen molar-refractivity contribution in [3.05, 3.63) is 15.9 Å². The summed E-state index contributed by atoms with van der Waals surface area (Å²) >= 11 is 3.45. The van der Waals surface area contributed by atoms with E-state index in [9.17, 15) is 0 Å². The number of nitrogens with zero attached hydrogens (tertiary/aromatic N) is 3. The third-order valence-electron chi connectivity index (χ3n) is 2.14. The van der Waals surface area contributed by atoms with Crippen molar-refractivity contribution in [1.82, 2.24) is 9.78 Å². The van der Waals surface area contributed by atoms with Gasteiger partial charge in [-0.1, -0.05) is 20.8 Å². The lowest BCUT2D eigenvalue weighted by atomic mass is 10.1. The van der Waals surface area contributed by atoms with Crippen LogP contribution >= 0.6 is 15.9 Å². The molecule has 4 heteroatoms. The van der Waals surface area contributed by atoms with Gasteiger partial charge in [-0.25, -0.2) is 0 Å².